The molecular formula is C43H56O21. The summed E-state index contributed by atoms with van der Waals surface area (Å²) in [7, 11) is 3.99. The van der Waals surface area contributed by atoms with Crippen LogP contribution in [0, 0.1) is 5.92 Å². The molecule has 21 heteroatoms. The van der Waals surface area contributed by atoms with Gasteiger partial charge in [0.25, 0.3) is 0 Å². The average molecular weight is 909 g/mol. The van der Waals surface area contributed by atoms with Crippen LogP contribution in [0.25, 0.3) is 0 Å². The van der Waals surface area contributed by atoms with Gasteiger partial charge in [-0.3, -0.25) is 4.79 Å². The van der Waals surface area contributed by atoms with Gasteiger partial charge in [-0.15, -0.1) is 0 Å². The van der Waals surface area contributed by atoms with Gasteiger partial charge in [-0.25, -0.2) is 4.79 Å². The Morgan fingerprint density at radius 1 is 0.781 bits per heavy atom. The van der Waals surface area contributed by atoms with E-state index in [0.29, 0.717) is 29.9 Å². The molecule has 3 unspecified atom stereocenters. The van der Waals surface area contributed by atoms with Gasteiger partial charge < -0.3 is 93.3 Å². The Balaban J connectivity index is 1.13. The molecule has 4 aliphatic rings. The van der Waals surface area contributed by atoms with Crippen molar-refractivity contribution in [2.45, 2.75) is 106 Å². The van der Waals surface area contributed by atoms with Crippen molar-refractivity contribution in [1.82, 2.24) is 0 Å². The minimum Gasteiger partial charge on any atom is -0.493 e. The number of esters is 2. The number of aliphatic hydroxyl groups is 9. The average Bonchev–Trinajstić information content (AvgIpc) is 3.68. The molecule has 2 saturated heterocycles. The number of methoxy groups -OCH3 is 3. The van der Waals surface area contributed by atoms with Crippen LogP contribution < -0.4 is 18.9 Å². The number of benzene rings is 2. The van der Waals surface area contributed by atoms with Crippen molar-refractivity contribution in [3.8, 4) is 23.0 Å². The molecule has 0 radical (unpaired) electrons. The highest BCUT2D eigenvalue weighted by atomic mass is 16.8. The predicted molar refractivity (Wildman–Crippen MR) is 215 cm³/mol. The molecule has 21 nitrogen and oxygen atoms in total. The van der Waals surface area contributed by atoms with Gasteiger partial charge in [-0.05, 0) is 49.1 Å². The summed E-state index contributed by atoms with van der Waals surface area (Å²) in [5, 5.41) is 93.0. The molecule has 2 aromatic rings. The van der Waals surface area contributed by atoms with Crippen LogP contribution in [0.15, 0.2) is 53.8 Å². The van der Waals surface area contributed by atoms with E-state index in [1.807, 2.05) is 12.1 Å². The van der Waals surface area contributed by atoms with Crippen LogP contribution in [-0.4, -0.2) is 173 Å². The summed E-state index contributed by atoms with van der Waals surface area (Å²) in [5.74, 6) is -2.26. The minimum absolute atomic E-state index is 0.0140. The smallest absolute Gasteiger partial charge is 0.337 e. The van der Waals surface area contributed by atoms with Crippen LogP contribution in [0.2, 0.25) is 0 Å². The lowest BCUT2D eigenvalue weighted by atomic mass is 9.86. The van der Waals surface area contributed by atoms with E-state index in [4.69, 9.17) is 47.4 Å². The largest absolute Gasteiger partial charge is 0.493 e. The third kappa shape index (κ3) is 10.1. The Hall–Kier alpha value is -4.62. The molecule has 4 heterocycles. The lowest BCUT2D eigenvalue weighted by molar-refractivity contribution is -0.327. The van der Waals surface area contributed by atoms with Gasteiger partial charge in [0.1, 0.15) is 61.5 Å². The minimum atomic E-state index is -1.83. The van der Waals surface area contributed by atoms with E-state index in [0.717, 1.165) is 24.5 Å². The zero-order valence-electron chi connectivity index (χ0n) is 35.5. The normalized spacial score (nSPS) is 33.0. The van der Waals surface area contributed by atoms with E-state index in [2.05, 4.69) is 0 Å². The number of fused-ring (bicyclic) bond motifs is 1. The van der Waals surface area contributed by atoms with Gasteiger partial charge >= 0.3 is 11.9 Å². The van der Waals surface area contributed by atoms with Crippen molar-refractivity contribution in [2.75, 3.05) is 47.8 Å². The quantitative estimate of drug-likeness (QED) is 0.0662. The third-order valence-electron chi connectivity index (χ3n) is 11.6. The molecule has 354 valence electrons. The van der Waals surface area contributed by atoms with Gasteiger partial charge in [0.15, 0.2) is 29.3 Å². The maximum Gasteiger partial charge on any atom is 0.337 e. The first-order valence-electron chi connectivity index (χ1n) is 20.6. The number of allylic oxidation sites excluding steroid dienone is 1. The second-order valence-corrected chi connectivity index (χ2v) is 15.5. The van der Waals surface area contributed by atoms with Gasteiger partial charge in [-0.2, -0.15) is 0 Å². The summed E-state index contributed by atoms with van der Waals surface area (Å²) in [5.41, 5.74) is 2.27. The Morgan fingerprint density at radius 3 is 2.11 bits per heavy atom. The third-order valence-corrected chi connectivity index (χ3v) is 11.6. The zero-order valence-corrected chi connectivity index (χ0v) is 35.5. The monoisotopic (exact) mass is 908 g/mol. The first-order valence-corrected chi connectivity index (χ1v) is 20.6. The number of hydrogen-bond donors (Lipinski definition) is 9. The molecule has 0 aromatic heterocycles. The van der Waals surface area contributed by atoms with Crippen molar-refractivity contribution in [1.29, 1.82) is 0 Å². The van der Waals surface area contributed by atoms with Crippen molar-refractivity contribution in [3.05, 3.63) is 70.5 Å². The van der Waals surface area contributed by atoms with Gasteiger partial charge in [0.05, 0.1) is 58.7 Å². The molecular weight excluding hydrogens is 852 g/mol. The first kappa shape index (κ1) is 48.8. The molecule has 2 fully saturated rings. The zero-order chi connectivity index (χ0) is 46.4. The SMILES string of the molecule is C/C=C1/[C@H](OC2O[C@H](CO)[C@@H](O)[C@H](O)[C@H]2O)OC=C(C(=O)OC)[C@H]1CC(=O)OCC1O[C@@H](Oc2ccc(C3Oc4c(OC)cc(CCCO)cc4[C@@H]3CO)cc2OC)[C@H](O)[C@@H](O)[C@@H]1O. The first-order chi connectivity index (χ1) is 30.7. The Kier molecular flexibility index (Phi) is 16.5. The molecule has 0 saturated carbocycles. The Labute approximate surface area is 367 Å². The molecule has 6 rings (SSSR count). The predicted octanol–water partition coefficient (Wildman–Crippen LogP) is -1.25. The maximum absolute atomic E-state index is 13.4. The summed E-state index contributed by atoms with van der Waals surface area (Å²) >= 11 is 0. The number of ether oxygens (including phenoxy) is 10. The number of carbonyl (C=O) groups is 2. The number of carbonyl (C=O) groups excluding carboxylic acids is 2. The summed E-state index contributed by atoms with van der Waals surface area (Å²) in [6, 6.07) is 8.52. The van der Waals surface area contributed by atoms with Crippen LogP contribution in [0.1, 0.15) is 48.5 Å². The molecule has 4 aliphatic heterocycles. The number of aryl methyl sites for hydroxylation is 1. The second-order valence-electron chi connectivity index (χ2n) is 15.5. The van der Waals surface area contributed by atoms with Crippen molar-refractivity contribution < 1.29 is 103 Å². The summed E-state index contributed by atoms with van der Waals surface area (Å²) < 4.78 is 56.5. The van der Waals surface area contributed by atoms with Gasteiger partial charge in [0, 0.05) is 23.7 Å². The summed E-state index contributed by atoms with van der Waals surface area (Å²) in [4.78, 5) is 26.2. The standard InChI is InChI=1S/C43H56O21/c1-5-21-22(25(40(54)57-4)17-59-41(21)64-43-37(53)34(50)32(48)29(16-46)61-43)14-31(47)58-18-30-33(49)35(51)36(52)42(62-30)60-26-9-8-20(13-27(26)55-2)38-24(15-45)23-11-19(7-6-10-44)12-28(56-3)39(23)63-38/h5,8-9,11-13,17,22,24,29-30,32-38,41-46,48-53H,6-7,10,14-16,18H2,1-4H3/b21-5+/t22-,24-,29+,30?,32+,33+,34-,35-,36+,37+,38?,41-,42+,43?/m0/s1. The molecule has 0 aliphatic carbocycles. The Morgan fingerprint density at radius 2 is 1.47 bits per heavy atom. The molecule has 0 amide bonds. The van der Waals surface area contributed by atoms with Crippen LogP contribution in [-0.2, 0) is 44.4 Å². The van der Waals surface area contributed by atoms with E-state index in [1.54, 1.807) is 19.1 Å². The fourth-order valence-corrected chi connectivity index (χ4v) is 8.09. The lowest BCUT2D eigenvalue weighted by Crippen LogP contribution is -2.60. The van der Waals surface area contributed by atoms with E-state index in [1.165, 1.54) is 26.4 Å². The highest BCUT2D eigenvalue weighted by Crippen LogP contribution is 2.51. The van der Waals surface area contributed by atoms with Crippen molar-refractivity contribution in [2.24, 2.45) is 5.92 Å². The van der Waals surface area contributed by atoms with Gasteiger partial charge in [0.2, 0.25) is 12.6 Å². The number of aliphatic hydroxyl groups excluding tert-OH is 9. The molecule has 0 bridgehead atoms. The van der Waals surface area contributed by atoms with Crippen molar-refractivity contribution in [3.63, 3.8) is 0 Å². The number of hydrogen-bond acceptors (Lipinski definition) is 21. The topological polar surface area (TPSA) is 309 Å². The molecule has 9 N–H and O–H groups in total. The van der Waals surface area contributed by atoms with Gasteiger partial charge in [-0.1, -0.05) is 18.2 Å². The highest BCUT2D eigenvalue weighted by molar-refractivity contribution is 5.90. The van der Waals surface area contributed by atoms with E-state index in [-0.39, 0.29) is 35.9 Å². The van der Waals surface area contributed by atoms with Crippen LogP contribution in [0.3, 0.4) is 0 Å². The fourth-order valence-electron chi connectivity index (χ4n) is 8.09. The van der Waals surface area contributed by atoms with E-state index < -0.39 is 117 Å². The highest BCUT2D eigenvalue weighted by Gasteiger charge is 2.48. The molecule has 2 aromatic carbocycles. The number of rotatable bonds is 17. The summed E-state index contributed by atoms with van der Waals surface area (Å²) in [6.07, 6.45) is -15.6. The lowest BCUT2D eigenvalue weighted by Gasteiger charge is -2.42. The molecule has 14 atom stereocenters. The van der Waals surface area contributed by atoms with E-state index in [9.17, 15) is 55.5 Å². The van der Waals surface area contributed by atoms with E-state index >= 15 is 0 Å². The molecule has 0 spiro atoms. The van der Waals surface area contributed by atoms with Crippen LogP contribution in [0.4, 0.5) is 0 Å². The molecule has 64 heavy (non-hydrogen) atoms. The fraction of sp³-hybridized carbons (Fsp3) is 0.581. The summed E-state index contributed by atoms with van der Waals surface area (Å²) in [6.45, 7) is -0.0932. The van der Waals surface area contributed by atoms with Crippen LogP contribution in [0.5, 0.6) is 23.0 Å². The maximum atomic E-state index is 13.4. The Bertz CT molecular complexity index is 1990. The second kappa shape index (κ2) is 21.6. The van der Waals surface area contributed by atoms with Crippen LogP contribution >= 0.6 is 0 Å². The van der Waals surface area contributed by atoms with Crippen molar-refractivity contribution >= 4 is 11.9 Å².